The van der Waals surface area contributed by atoms with Gasteiger partial charge in [-0.3, -0.25) is 0 Å². The van der Waals surface area contributed by atoms with Crippen molar-refractivity contribution < 1.29 is 4.74 Å². The van der Waals surface area contributed by atoms with Crippen molar-refractivity contribution in [1.29, 1.82) is 0 Å². The van der Waals surface area contributed by atoms with Crippen molar-refractivity contribution in [1.82, 2.24) is 0 Å². The molecular formula is C12H25NO. The molecule has 0 aromatic carbocycles. The summed E-state index contributed by atoms with van der Waals surface area (Å²) in [5.74, 6) is 0.510. The second kappa shape index (κ2) is 9.22. The second-order valence-electron chi connectivity index (χ2n) is 4.12. The molecule has 2 nitrogen and oxygen atoms in total. The quantitative estimate of drug-likeness (QED) is 0.458. The summed E-state index contributed by atoms with van der Waals surface area (Å²) in [6.07, 6.45) is 6.67. The minimum Gasteiger partial charge on any atom is -0.380 e. The summed E-state index contributed by atoms with van der Waals surface area (Å²) in [6, 6.07) is 0.183. The van der Waals surface area contributed by atoms with Crippen molar-refractivity contribution >= 4 is 0 Å². The van der Waals surface area contributed by atoms with Gasteiger partial charge in [-0.2, -0.15) is 0 Å². The van der Waals surface area contributed by atoms with Crippen molar-refractivity contribution in [3.8, 4) is 0 Å². The van der Waals surface area contributed by atoms with Gasteiger partial charge in [-0.1, -0.05) is 26.3 Å². The van der Waals surface area contributed by atoms with Crippen molar-refractivity contribution in [2.75, 3.05) is 13.2 Å². The first kappa shape index (κ1) is 13.7. The van der Waals surface area contributed by atoms with Crippen molar-refractivity contribution in [3.05, 3.63) is 12.7 Å². The number of hydrogen-bond acceptors (Lipinski definition) is 2. The van der Waals surface area contributed by atoms with Crippen LogP contribution >= 0.6 is 0 Å². The highest BCUT2D eigenvalue weighted by Crippen LogP contribution is 2.02. The predicted octanol–water partition coefficient (Wildman–Crippen LogP) is 2.73. The zero-order chi connectivity index (χ0) is 10.8. The smallest absolute Gasteiger partial charge is 0.0619 e. The van der Waals surface area contributed by atoms with E-state index in [1.807, 2.05) is 6.08 Å². The molecule has 0 saturated heterocycles. The number of rotatable bonds is 9. The Labute approximate surface area is 88.5 Å². The Morgan fingerprint density at radius 2 is 2.00 bits per heavy atom. The van der Waals surface area contributed by atoms with Crippen LogP contribution in [-0.4, -0.2) is 19.3 Å². The number of allylic oxidation sites excluding steroid dienone is 1. The lowest BCUT2D eigenvalue weighted by Gasteiger charge is -2.15. The lowest BCUT2D eigenvalue weighted by Crippen LogP contribution is -2.31. The first-order valence-corrected chi connectivity index (χ1v) is 5.62. The number of hydrogen-bond donors (Lipinski definition) is 1. The van der Waals surface area contributed by atoms with Gasteiger partial charge in [-0.05, 0) is 25.2 Å². The van der Waals surface area contributed by atoms with E-state index >= 15 is 0 Å². The van der Waals surface area contributed by atoms with Crippen LogP contribution in [0.5, 0.6) is 0 Å². The maximum Gasteiger partial charge on any atom is 0.0619 e. The molecule has 0 unspecified atom stereocenters. The van der Waals surface area contributed by atoms with Crippen LogP contribution in [0.2, 0.25) is 0 Å². The SMILES string of the molecule is C=CCCCCCOC[C@H](N)C(C)C. The fourth-order valence-electron chi connectivity index (χ4n) is 1.08. The van der Waals surface area contributed by atoms with E-state index in [4.69, 9.17) is 10.5 Å². The van der Waals surface area contributed by atoms with Gasteiger partial charge in [0.15, 0.2) is 0 Å². The first-order valence-electron chi connectivity index (χ1n) is 5.62. The molecule has 0 saturated carbocycles. The molecule has 0 aliphatic heterocycles. The minimum atomic E-state index is 0.183. The van der Waals surface area contributed by atoms with Crippen molar-refractivity contribution in [3.63, 3.8) is 0 Å². The summed E-state index contributed by atoms with van der Waals surface area (Å²) in [5, 5.41) is 0. The van der Waals surface area contributed by atoms with Gasteiger partial charge >= 0.3 is 0 Å². The molecule has 2 heteroatoms. The molecule has 0 aromatic heterocycles. The number of nitrogens with two attached hydrogens (primary N) is 1. The van der Waals surface area contributed by atoms with Crippen LogP contribution in [0.15, 0.2) is 12.7 Å². The second-order valence-corrected chi connectivity index (χ2v) is 4.12. The Morgan fingerprint density at radius 1 is 1.29 bits per heavy atom. The first-order chi connectivity index (χ1) is 6.68. The Bertz CT molecular complexity index is 134. The third kappa shape index (κ3) is 8.27. The summed E-state index contributed by atoms with van der Waals surface area (Å²) in [7, 11) is 0. The summed E-state index contributed by atoms with van der Waals surface area (Å²) in [5.41, 5.74) is 5.84. The van der Waals surface area contributed by atoms with E-state index in [1.165, 1.54) is 12.8 Å². The molecule has 0 spiro atoms. The highest BCUT2D eigenvalue weighted by atomic mass is 16.5. The Kier molecular flexibility index (Phi) is 9.00. The third-order valence-electron chi connectivity index (χ3n) is 2.36. The van der Waals surface area contributed by atoms with Crippen LogP contribution in [0.4, 0.5) is 0 Å². The van der Waals surface area contributed by atoms with Gasteiger partial charge in [-0.15, -0.1) is 6.58 Å². The van der Waals surface area contributed by atoms with Gasteiger partial charge in [0.1, 0.15) is 0 Å². The fraction of sp³-hybridized carbons (Fsp3) is 0.833. The molecule has 84 valence electrons. The highest BCUT2D eigenvalue weighted by Gasteiger charge is 2.06. The topological polar surface area (TPSA) is 35.2 Å². The standard InChI is InChI=1S/C12H25NO/c1-4-5-6-7-8-9-14-10-12(13)11(2)3/h4,11-12H,1,5-10,13H2,2-3H3/t12-/m0/s1. The molecule has 0 heterocycles. The minimum absolute atomic E-state index is 0.183. The van der Waals surface area contributed by atoms with Gasteiger partial charge in [0, 0.05) is 12.6 Å². The van der Waals surface area contributed by atoms with E-state index in [0.29, 0.717) is 12.5 Å². The van der Waals surface area contributed by atoms with Gasteiger partial charge in [-0.25, -0.2) is 0 Å². The molecule has 2 N–H and O–H groups in total. The van der Waals surface area contributed by atoms with Crippen LogP contribution in [0.3, 0.4) is 0 Å². The zero-order valence-electron chi connectivity index (χ0n) is 9.67. The molecule has 0 bridgehead atoms. The van der Waals surface area contributed by atoms with E-state index in [9.17, 15) is 0 Å². The lowest BCUT2D eigenvalue weighted by molar-refractivity contribution is 0.106. The highest BCUT2D eigenvalue weighted by molar-refractivity contribution is 4.65. The van der Waals surface area contributed by atoms with E-state index in [-0.39, 0.29) is 6.04 Å². The van der Waals surface area contributed by atoms with E-state index in [1.54, 1.807) is 0 Å². The van der Waals surface area contributed by atoms with Crippen LogP contribution in [0.25, 0.3) is 0 Å². The molecule has 0 amide bonds. The average Bonchev–Trinajstić information content (AvgIpc) is 2.16. The normalized spacial score (nSPS) is 13.1. The molecular weight excluding hydrogens is 174 g/mol. The summed E-state index contributed by atoms with van der Waals surface area (Å²) >= 11 is 0. The van der Waals surface area contributed by atoms with Crippen molar-refractivity contribution in [2.45, 2.75) is 45.6 Å². The van der Waals surface area contributed by atoms with E-state index in [2.05, 4.69) is 20.4 Å². The van der Waals surface area contributed by atoms with Crippen LogP contribution in [-0.2, 0) is 4.74 Å². The monoisotopic (exact) mass is 199 g/mol. The summed E-state index contributed by atoms with van der Waals surface area (Å²) < 4.78 is 5.49. The van der Waals surface area contributed by atoms with Crippen LogP contribution in [0, 0.1) is 5.92 Å². The van der Waals surface area contributed by atoms with Gasteiger partial charge in [0.2, 0.25) is 0 Å². The molecule has 0 aromatic rings. The molecule has 0 rings (SSSR count). The molecule has 0 radical (unpaired) electrons. The van der Waals surface area contributed by atoms with E-state index < -0.39 is 0 Å². The van der Waals surface area contributed by atoms with E-state index in [0.717, 1.165) is 19.4 Å². The molecule has 0 aliphatic rings. The third-order valence-corrected chi connectivity index (χ3v) is 2.36. The van der Waals surface area contributed by atoms with Gasteiger partial charge < -0.3 is 10.5 Å². The maximum atomic E-state index is 5.84. The summed E-state index contributed by atoms with van der Waals surface area (Å²) in [4.78, 5) is 0. The van der Waals surface area contributed by atoms with Gasteiger partial charge in [0.05, 0.1) is 6.61 Å². The molecule has 1 atom stereocenters. The maximum absolute atomic E-state index is 5.84. The number of unbranched alkanes of at least 4 members (excludes halogenated alkanes) is 3. The van der Waals surface area contributed by atoms with Gasteiger partial charge in [0.25, 0.3) is 0 Å². The molecule has 14 heavy (non-hydrogen) atoms. The molecule has 0 fully saturated rings. The van der Waals surface area contributed by atoms with Crippen LogP contribution < -0.4 is 5.73 Å². The Hall–Kier alpha value is -0.340. The Morgan fingerprint density at radius 3 is 2.57 bits per heavy atom. The van der Waals surface area contributed by atoms with Crippen LogP contribution in [0.1, 0.15) is 39.5 Å². The van der Waals surface area contributed by atoms with Crippen molar-refractivity contribution in [2.24, 2.45) is 11.7 Å². The average molecular weight is 199 g/mol. The largest absolute Gasteiger partial charge is 0.380 e. The molecule has 0 aliphatic carbocycles. The Balaban J connectivity index is 3.09. The number of ether oxygens (including phenoxy) is 1. The lowest BCUT2D eigenvalue weighted by atomic mass is 10.1. The predicted molar refractivity (Wildman–Crippen MR) is 62.3 cm³/mol. The summed E-state index contributed by atoms with van der Waals surface area (Å²) in [6.45, 7) is 9.47. The zero-order valence-corrected chi connectivity index (χ0v) is 9.67. The fourth-order valence-corrected chi connectivity index (χ4v) is 1.08.